The second kappa shape index (κ2) is 7.68. The molecule has 0 saturated heterocycles. The number of hydrogen-bond donors (Lipinski definition) is 2. The standard InChI is InChI=1S/C13H24N4O2S/c1-11(2)17(3)9-5-8-16-20(18,19)13-6-4-7-15-12(13)10-14/h4,6-7,11,16H,5,8-10,14H2,1-3H3. The summed E-state index contributed by atoms with van der Waals surface area (Å²) in [6, 6.07) is 3.58. The molecule has 1 aromatic heterocycles. The van der Waals surface area contributed by atoms with Gasteiger partial charge in [0.05, 0.1) is 5.69 Å². The summed E-state index contributed by atoms with van der Waals surface area (Å²) in [4.78, 5) is 6.33. The van der Waals surface area contributed by atoms with Gasteiger partial charge in [-0.15, -0.1) is 0 Å². The zero-order valence-electron chi connectivity index (χ0n) is 12.3. The highest BCUT2D eigenvalue weighted by atomic mass is 32.2. The maximum Gasteiger partial charge on any atom is 0.242 e. The van der Waals surface area contributed by atoms with Crippen LogP contribution in [-0.4, -0.2) is 44.5 Å². The molecule has 0 aliphatic heterocycles. The fraction of sp³-hybridized carbons (Fsp3) is 0.615. The summed E-state index contributed by atoms with van der Waals surface area (Å²) in [5.41, 5.74) is 5.90. The first-order chi connectivity index (χ1) is 9.38. The average Bonchev–Trinajstić information content (AvgIpc) is 2.43. The van der Waals surface area contributed by atoms with Crippen LogP contribution in [-0.2, 0) is 16.6 Å². The quantitative estimate of drug-likeness (QED) is 0.684. The third-order valence-corrected chi connectivity index (χ3v) is 4.73. The Kier molecular flexibility index (Phi) is 6.54. The summed E-state index contributed by atoms with van der Waals surface area (Å²) >= 11 is 0. The molecule has 0 amide bonds. The maximum absolute atomic E-state index is 12.2. The van der Waals surface area contributed by atoms with E-state index in [-0.39, 0.29) is 11.4 Å². The van der Waals surface area contributed by atoms with Crippen LogP contribution in [0.15, 0.2) is 23.2 Å². The van der Waals surface area contributed by atoms with Gasteiger partial charge in [-0.1, -0.05) is 0 Å². The van der Waals surface area contributed by atoms with E-state index in [0.717, 1.165) is 13.0 Å². The lowest BCUT2D eigenvalue weighted by Gasteiger charge is -2.20. The second-order valence-electron chi connectivity index (χ2n) is 4.98. The molecule has 3 N–H and O–H groups in total. The van der Waals surface area contributed by atoms with E-state index >= 15 is 0 Å². The van der Waals surface area contributed by atoms with Crippen LogP contribution in [0.3, 0.4) is 0 Å². The summed E-state index contributed by atoms with van der Waals surface area (Å²) in [6.07, 6.45) is 2.30. The van der Waals surface area contributed by atoms with E-state index in [4.69, 9.17) is 5.73 Å². The Morgan fingerprint density at radius 1 is 1.45 bits per heavy atom. The number of nitrogens with two attached hydrogens (primary N) is 1. The van der Waals surface area contributed by atoms with E-state index < -0.39 is 10.0 Å². The van der Waals surface area contributed by atoms with Crippen molar-refractivity contribution in [3.05, 3.63) is 24.0 Å². The molecular weight excluding hydrogens is 276 g/mol. The summed E-state index contributed by atoms with van der Waals surface area (Å²) in [5, 5.41) is 0. The molecule has 0 aromatic carbocycles. The van der Waals surface area contributed by atoms with Gasteiger partial charge < -0.3 is 10.6 Å². The average molecular weight is 300 g/mol. The van der Waals surface area contributed by atoms with Crippen LogP contribution in [0, 0.1) is 0 Å². The minimum Gasteiger partial charge on any atom is -0.325 e. The first-order valence-corrected chi connectivity index (χ1v) is 8.20. The van der Waals surface area contributed by atoms with Crippen molar-refractivity contribution in [2.45, 2.75) is 37.8 Å². The third kappa shape index (κ3) is 4.82. The van der Waals surface area contributed by atoms with Crippen LogP contribution in [0.4, 0.5) is 0 Å². The van der Waals surface area contributed by atoms with Crippen LogP contribution in [0.5, 0.6) is 0 Å². The highest BCUT2D eigenvalue weighted by molar-refractivity contribution is 7.89. The molecule has 7 heteroatoms. The number of aromatic nitrogens is 1. The molecule has 0 radical (unpaired) electrons. The van der Waals surface area contributed by atoms with E-state index in [2.05, 4.69) is 28.5 Å². The lowest BCUT2D eigenvalue weighted by atomic mass is 10.3. The predicted molar refractivity (Wildman–Crippen MR) is 79.7 cm³/mol. The minimum absolute atomic E-state index is 0.104. The summed E-state index contributed by atoms with van der Waals surface area (Å²) in [5.74, 6) is 0. The molecule has 20 heavy (non-hydrogen) atoms. The number of rotatable bonds is 8. The van der Waals surface area contributed by atoms with Gasteiger partial charge in [-0.25, -0.2) is 13.1 Å². The van der Waals surface area contributed by atoms with Crippen molar-refractivity contribution in [3.8, 4) is 0 Å². The molecular formula is C13H24N4O2S. The van der Waals surface area contributed by atoms with Crippen LogP contribution in [0.25, 0.3) is 0 Å². The van der Waals surface area contributed by atoms with E-state index in [1.54, 1.807) is 12.3 Å². The SMILES string of the molecule is CC(C)N(C)CCCNS(=O)(=O)c1cccnc1CN. The van der Waals surface area contributed by atoms with E-state index in [0.29, 0.717) is 18.3 Å². The van der Waals surface area contributed by atoms with Crippen LogP contribution < -0.4 is 10.5 Å². The Balaban J connectivity index is 2.58. The van der Waals surface area contributed by atoms with Crippen molar-refractivity contribution in [2.75, 3.05) is 20.1 Å². The highest BCUT2D eigenvalue weighted by Crippen LogP contribution is 2.11. The number of sulfonamides is 1. The first-order valence-electron chi connectivity index (χ1n) is 6.72. The Morgan fingerprint density at radius 3 is 2.75 bits per heavy atom. The highest BCUT2D eigenvalue weighted by Gasteiger charge is 2.17. The van der Waals surface area contributed by atoms with Gasteiger partial charge in [0.2, 0.25) is 10.0 Å². The number of pyridine rings is 1. The van der Waals surface area contributed by atoms with Crippen molar-refractivity contribution in [1.29, 1.82) is 0 Å². The Bertz CT molecular complexity index is 517. The van der Waals surface area contributed by atoms with Gasteiger partial charge in [-0.2, -0.15) is 0 Å². The summed E-state index contributed by atoms with van der Waals surface area (Å²) in [7, 11) is -1.51. The molecule has 114 valence electrons. The Morgan fingerprint density at radius 2 is 2.15 bits per heavy atom. The zero-order chi connectivity index (χ0) is 15.2. The van der Waals surface area contributed by atoms with Crippen molar-refractivity contribution in [1.82, 2.24) is 14.6 Å². The van der Waals surface area contributed by atoms with Crippen LogP contribution in [0.2, 0.25) is 0 Å². The normalized spacial score (nSPS) is 12.3. The zero-order valence-corrected chi connectivity index (χ0v) is 13.2. The van der Waals surface area contributed by atoms with Gasteiger partial charge in [0, 0.05) is 25.3 Å². The van der Waals surface area contributed by atoms with Gasteiger partial charge in [-0.05, 0) is 46.0 Å². The summed E-state index contributed by atoms with van der Waals surface area (Å²) < 4.78 is 26.9. The van der Waals surface area contributed by atoms with E-state index in [1.807, 2.05) is 7.05 Å². The molecule has 0 aliphatic carbocycles. The Labute approximate surface area is 121 Å². The molecule has 0 aliphatic rings. The number of hydrogen-bond acceptors (Lipinski definition) is 5. The second-order valence-corrected chi connectivity index (χ2v) is 6.71. The fourth-order valence-corrected chi connectivity index (χ4v) is 2.96. The fourth-order valence-electron chi connectivity index (χ4n) is 1.69. The van der Waals surface area contributed by atoms with Crippen molar-refractivity contribution >= 4 is 10.0 Å². The smallest absolute Gasteiger partial charge is 0.242 e. The number of nitrogens with one attached hydrogen (secondary N) is 1. The first kappa shape index (κ1) is 17.0. The van der Waals surface area contributed by atoms with Crippen molar-refractivity contribution < 1.29 is 8.42 Å². The van der Waals surface area contributed by atoms with E-state index in [1.165, 1.54) is 6.07 Å². The van der Waals surface area contributed by atoms with Gasteiger partial charge >= 0.3 is 0 Å². The molecule has 0 atom stereocenters. The third-order valence-electron chi connectivity index (χ3n) is 3.19. The molecule has 0 fully saturated rings. The summed E-state index contributed by atoms with van der Waals surface area (Å²) in [6.45, 7) is 5.56. The molecule has 1 heterocycles. The van der Waals surface area contributed by atoms with Gasteiger partial charge in [0.1, 0.15) is 4.90 Å². The van der Waals surface area contributed by atoms with Crippen molar-refractivity contribution in [2.24, 2.45) is 5.73 Å². The van der Waals surface area contributed by atoms with Gasteiger partial charge in [0.15, 0.2) is 0 Å². The molecule has 0 bridgehead atoms. The van der Waals surface area contributed by atoms with Crippen molar-refractivity contribution in [3.63, 3.8) is 0 Å². The molecule has 6 nitrogen and oxygen atoms in total. The number of nitrogens with zero attached hydrogens (tertiary/aromatic N) is 2. The lowest BCUT2D eigenvalue weighted by molar-refractivity contribution is 0.271. The molecule has 0 unspecified atom stereocenters. The largest absolute Gasteiger partial charge is 0.325 e. The molecule has 0 saturated carbocycles. The monoisotopic (exact) mass is 300 g/mol. The van der Waals surface area contributed by atoms with Gasteiger partial charge in [-0.3, -0.25) is 4.98 Å². The van der Waals surface area contributed by atoms with E-state index in [9.17, 15) is 8.42 Å². The van der Waals surface area contributed by atoms with Gasteiger partial charge in [0.25, 0.3) is 0 Å². The Hall–Kier alpha value is -1.02. The predicted octanol–water partition coefficient (Wildman–Crippen LogP) is 0.549. The topological polar surface area (TPSA) is 88.3 Å². The maximum atomic E-state index is 12.2. The minimum atomic E-state index is -3.53. The molecule has 1 rings (SSSR count). The van der Waals surface area contributed by atoms with Crippen LogP contribution >= 0.6 is 0 Å². The molecule has 1 aromatic rings. The lowest BCUT2D eigenvalue weighted by Crippen LogP contribution is -2.32. The molecule has 0 spiro atoms. The van der Waals surface area contributed by atoms with Crippen LogP contribution in [0.1, 0.15) is 26.0 Å².